The molecule has 1 aliphatic heterocycles. The van der Waals surface area contributed by atoms with Gasteiger partial charge < -0.3 is 19.5 Å². The monoisotopic (exact) mass is 265 g/mol. The number of rotatable bonds is 7. The first-order valence-electron chi connectivity index (χ1n) is 6.86. The second-order valence-electron chi connectivity index (χ2n) is 5.23. The molecule has 2 unspecified atom stereocenters. The van der Waals surface area contributed by atoms with Crippen LogP contribution in [0.2, 0.25) is 0 Å². The Morgan fingerprint density at radius 2 is 2.21 bits per heavy atom. The normalized spacial score (nSPS) is 20.7. The molecule has 2 rings (SSSR count). The third-order valence-electron chi connectivity index (χ3n) is 3.30. The fourth-order valence-electron chi connectivity index (χ4n) is 2.36. The van der Waals surface area contributed by atoms with E-state index in [0.29, 0.717) is 19.1 Å². The SMILES string of the molecule is CN(CC(O)COc1ccccc1)CC1CCOC1. The molecule has 2 atom stereocenters. The fourth-order valence-corrected chi connectivity index (χ4v) is 2.36. The number of likely N-dealkylation sites (N-methyl/N-ethyl adjacent to an activating group) is 1. The largest absolute Gasteiger partial charge is 0.491 e. The molecule has 0 radical (unpaired) electrons. The van der Waals surface area contributed by atoms with E-state index in [9.17, 15) is 5.11 Å². The molecule has 0 aliphatic carbocycles. The second-order valence-corrected chi connectivity index (χ2v) is 5.23. The summed E-state index contributed by atoms with van der Waals surface area (Å²) >= 11 is 0. The Hall–Kier alpha value is -1.10. The molecule has 1 fully saturated rings. The number of para-hydroxylation sites is 1. The summed E-state index contributed by atoms with van der Waals surface area (Å²) in [6.07, 6.45) is 0.661. The minimum atomic E-state index is -0.465. The Labute approximate surface area is 114 Å². The Balaban J connectivity index is 1.64. The number of ether oxygens (including phenoxy) is 2. The van der Waals surface area contributed by atoms with Gasteiger partial charge in [-0.2, -0.15) is 0 Å². The molecule has 1 aromatic rings. The van der Waals surface area contributed by atoms with Crippen LogP contribution in [0.5, 0.6) is 5.75 Å². The van der Waals surface area contributed by atoms with Crippen molar-refractivity contribution in [1.82, 2.24) is 4.90 Å². The van der Waals surface area contributed by atoms with E-state index in [1.54, 1.807) is 0 Å². The molecule has 1 aromatic carbocycles. The average Bonchev–Trinajstić information content (AvgIpc) is 2.90. The maximum absolute atomic E-state index is 9.96. The van der Waals surface area contributed by atoms with Crippen molar-refractivity contribution in [2.24, 2.45) is 5.92 Å². The lowest BCUT2D eigenvalue weighted by molar-refractivity contribution is 0.0705. The van der Waals surface area contributed by atoms with Crippen LogP contribution in [0, 0.1) is 5.92 Å². The van der Waals surface area contributed by atoms with Crippen LogP contribution in [-0.2, 0) is 4.74 Å². The summed E-state index contributed by atoms with van der Waals surface area (Å²) < 4.78 is 10.9. The highest BCUT2D eigenvalue weighted by molar-refractivity contribution is 5.20. The summed E-state index contributed by atoms with van der Waals surface area (Å²) in [5.74, 6) is 1.40. The minimum Gasteiger partial charge on any atom is -0.491 e. The molecule has 0 saturated carbocycles. The van der Waals surface area contributed by atoms with Crippen molar-refractivity contribution in [2.75, 3.05) is 40.0 Å². The van der Waals surface area contributed by atoms with Gasteiger partial charge in [-0.3, -0.25) is 0 Å². The number of benzene rings is 1. The summed E-state index contributed by atoms with van der Waals surface area (Å²) in [4.78, 5) is 2.15. The predicted octanol–water partition coefficient (Wildman–Crippen LogP) is 1.39. The zero-order chi connectivity index (χ0) is 13.5. The van der Waals surface area contributed by atoms with Crippen LogP contribution in [0.15, 0.2) is 30.3 Å². The topological polar surface area (TPSA) is 41.9 Å². The van der Waals surface area contributed by atoms with Crippen LogP contribution in [0.4, 0.5) is 0 Å². The summed E-state index contributed by atoms with van der Waals surface area (Å²) in [7, 11) is 2.03. The van der Waals surface area contributed by atoms with E-state index in [4.69, 9.17) is 9.47 Å². The smallest absolute Gasteiger partial charge is 0.119 e. The summed E-state index contributed by atoms with van der Waals surface area (Å²) in [5, 5.41) is 9.96. The molecule has 1 heterocycles. The average molecular weight is 265 g/mol. The maximum Gasteiger partial charge on any atom is 0.119 e. The van der Waals surface area contributed by atoms with Gasteiger partial charge >= 0.3 is 0 Å². The van der Waals surface area contributed by atoms with E-state index in [2.05, 4.69) is 4.90 Å². The van der Waals surface area contributed by atoms with Crippen LogP contribution < -0.4 is 4.74 Å². The van der Waals surface area contributed by atoms with Crippen molar-refractivity contribution < 1.29 is 14.6 Å². The van der Waals surface area contributed by atoms with Gasteiger partial charge in [-0.05, 0) is 31.5 Å². The lowest BCUT2D eigenvalue weighted by atomic mass is 10.1. The van der Waals surface area contributed by atoms with Gasteiger partial charge in [-0.1, -0.05) is 18.2 Å². The van der Waals surface area contributed by atoms with Gasteiger partial charge in [0.2, 0.25) is 0 Å². The van der Waals surface area contributed by atoms with Gasteiger partial charge in [-0.25, -0.2) is 0 Å². The van der Waals surface area contributed by atoms with Crippen LogP contribution >= 0.6 is 0 Å². The molecule has 4 heteroatoms. The molecule has 1 saturated heterocycles. The molecule has 0 spiro atoms. The first-order valence-corrected chi connectivity index (χ1v) is 6.86. The molecular weight excluding hydrogens is 242 g/mol. The molecule has 0 bridgehead atoms. The predicted molar refractivity (Wildman–Crippen MR) is 74.4 cm³/mol. The van der Waals surface area contributed by atoms with Gasteiger partial charge in [0.15, 0.2) is 0 Å². The standard InChI is InChI=1S/C15H23NO3/c1-16(9-13-7-8-18-11-13)10-14(17)12-19-15-5-3-2-4-6-15/h2-6,13-14,17H,7-12H2,1H3. The van der Waals surface area contributed by atoms with Crippen LogP contribution in [0.3, 0.4) is 0 Å². The molecule has 0 aromatic heterocycles. The summed E-state index contributed by atoms with van der Waals surface area (Å²) in [6.45, 7) is 3.65. The summed E-state index contributed by atoms with van der Waals surface area (Å²) in [6, 6.07) is 9.58. The number of nitrogens with zero attached hydrogens (tertiary/aromatic N) is 1. The lowest BCUT2D eigenvalue weighted by Gasteiger charge is -2.23. The fraction of sp³-hybridized carbons (Fsp3) is 0.600. The number of aliphatic hydroxyl groups excluding tert-OH is 1. The van der Waals surface area contributed by atoms with E-state index in [1.165, 1.54) is 0 Å². The van der Waals surface area contributed by atoms with E-state index < -0.39 is 6.10 Å². The lowest BCUT2D eigenvalue weighted by Crippen LogP contribution is -2.36. The Bertz CT molecular complexity index is 352. The third-order valence-corrected chi connectivity index (χ3v) is 3.30. The minimum absolute atomic E-state index is 0.329. The van der Waals surface area contributed by atoms with Crippen molar-refractivity contribution in [3.63, 3.8) is 0 Å². The molecular formula is C15H23NO3. The molecule has 4 nitrogen and oxygen atoms in total. The van der Waals surface area contributed by atoms with Crippen molar-refractivity contribution in [1.29, 1.82) is 0 Å². The molecule has 19 heavy (non-hydrogen) atoms. The number of aliphatic hydroxyl groups is 1. The molecule has 0 amide bonds. The van der Waals surface area contributed by atoms with E-state index in [-0.39, 0.29) is 0 Å². The van der Waals surface area contributed by atoms with Gasteiger partial charge in [0, 0.05) is 19.7 Å². The Kier molecular flexibility index (Phi) is 5.63. The first kappa shape index (κ1) is 14.3. The highest BCUT2D eigenvalue weighted by Crippen LogP contribution is 2.13. The highest BCUT2D eigenvalue weighted by atomic mass is 16.5. The van der Waals surface area contributed by atoms with Gasteiger partial charge in [0.25, 0.3) is 0 Å². The second kappa shape index (κ2) is 7.48. The van der Waals surface area contributed by atoms with Crippen molar-refractivity contribution in [3.8, 4) is 5.75 Å². The zero-order valence-corrected chi connectivity index (χ0v) is 11.5. The van der Waals surface area contributed by atoms with Gasteiger partial charge in [0.1, 0.15) is 18.5 Å². The van der Waals surface area contributed by atoms with Crippen molar-refractivity contribution in [3.05, 3.63) is 30.3 Å². The quantitative estimate of drug-likeness (QED) is 0.809. The molecule has 1 aliphatic rings. The van der Waals surface area contributed by atoms with Gasteiger partial charge in [0.05, 0.1) is 6.61 Å². The first-order chi connectivity index (χ1) is 9.24. The third kappa shape index (κ3) is 5.19. The Morgan fingerprint density at radius 3 is 2.89 bits per heavy atom. The van der Waals surface area contributed by atoms with Gasteiger partial charge in [-0.15, -0.1) is 0 Å². The maximum atomic E-state index is 9.96. The summed E-state index contributed by atoms with van der Waals surface area (Å²) in [5.41, 5.74) is 0. The van der Waals surface area contributed by atoms with E-state index >= 15 is 0 Å². The van der Waals surface area contributed by atoms with Crippen LogP contribution in [0.1, 0.15) is 6.42 Å². The van der Waals surface area contributed by atoms with E-state index in [1.807, 2.05) is 37.4 Å². The zero-order valence-electron chi connectivity index (χ0n) is 11.5. The van der Waals surface area contributed by atoms with Crippen LogP contribution in [-0.4, -0.2) is 56.1 Å². The number of hydrogen-bond donors (Lipinski definition) is 1. The highest BCUT2D eigenvalue weighted by Gasteiger charge is 2.18. The number of hydrogen-bond acceptors (Lipinski definition) is 4. The van der Waals surface area contributed by atoms with Crippen LogP contribution in [0.25, 0.3) is 0 Å². The van der Waals surface area contributed by atoms with Crippen molar-refractivity contribution >= 4 is 0 Å². The van der Waals surface area contributed by atoms with E-state index in [0.717, 1.165) is 31.9 Å². The Morgan fingerprint density at radius 1 is 1.42 bits per heavy atom. The molecule has 106 valence electrons. The van der Waals surface area contributed by atoms with Crippen molar-refractivity contribution in [2.45, 2.75) is 12.5 Å². The molecule has 1 N–H and O–H groups in total.